The molecule has 4 rings (SSSR count). The molecular formula is C66H108S. The van der Waals surface area contributed by atoms with Crippen LogP contribution in [0.1, 0.15) is 306 Å². The monoisotopic (exact) mass is 933 g/mol. The van der Waals surface area contributed by atoms with E-state index in [9.17, 15) is 0 Å². The van der Waals surface area contributed by atoms with Crippen LogP contribution >= 0.6 is 12.6 Å². The topological polar surface area (TPSA) is 0 Å². The van der Waals surface area contributed by atoms with Gasteiger partial charge in [-0.2, -0.15) is 0 Å². The molecule has 378 valence electrons. The van der Waals surface area contributed by atoms with Gasteiger partial charge in [-0.3, -0.25) is 0 Å². The number of rotatable bonds is 42. The molecule has 0 amide bonds. The maximum absolute atomic E-state index is 5.86. The van der Waals surface area contributed by atoms with Crippen molar-refractivity contribution in [2.75, 3.05) is 0 Å². The van der Waals surface area contributed by atoms with Gasteiger partial charge in [-0.05, 0) is 137 Å². The summed E-state index contributed by atoms with van der Waals surface area (Å²) in [7, 11) is 0. The van der Waals surface area contributed by atoms with Crippen molar-refractivity contribution in [2.24, 2.45) is 0 Å². The number of unbranched alkanes of at least 4 members (excludes halogenated alkanes) is 30. The molecule has 0 heterocycles. The fourth-order valence-electron chi connectivity index (χ4n) is 11.9. The highest BCUT2D eigenvalue weighted by Crippen LogP contribution is 2.47. The molecular weight excluding hydrogens is 825 g/mol. The minimum atomic E-state index is 1.19. The van der Waals surface area contributed by atoms with E-state index in [1.807, 2.05) is 0 Å². The minimum Gasteiger partial charge on any atom is -0.142 e. The molecule has 4 aromatic rings. The van der Waals surface area contributed by atoms with E-state index in [-0.39, 0.29) is 0 Å². The molecule has 0 aliphatic carbocycles. The summed E-state index contributed by atoms with van der Waals surface area (Å²) in [6, 6.07) is 12.5. The van der Waals surface area contributed by atoms with Gasteiger partial charge in [-0.15, -0.1) is 12.6 Å². The number of thiol groups is 1. The van der Waals surface area contributed by atoms with E-state index in [2.05, 4.69) is 71.9 Å². The Labute approximate surface area is 422 Å². The molecule has 0 nitrogen and oxygen atoms in total. The molecule has 0 spiro atoms. The zero-order chi connectivity index (χ0) is 47.7. The Morgan fingerprint density at radius 3 is 1.00 bits per heavy atom. The minimum absolute atomic E-state index is 1.19. The number of fused-ring (bicyclic) bond motifs is 6. The Bertz CT molecular complexity index is 1900. The van der Waals surface area contributed by atoms with E-state index in [1.54, 1.807) is 49.5 Å². The zero-order valence-electron chi connectivity index (χ0n) is 45.5. The van der Waals surface area contributed by atoms with E-state index in [0.29, 0.717) is 0 Å². The summed E-state index contributed by atoms with van der Waals surface area (Å²) < 4.78 is 0. The van der Waals surface area contributed by atoms with Crippen LogP contribution < -0.4 is 0 Å². The van der Waals surface area contributed by atoms with Crippen LogP contribution in [0.25, 0.3) is 32.3 Å². The van der Waals surface area contributed by atoms with Crippen molar-refractivity contribution in [3.05, 3.63) is 63.7 Å². The summed E-state index contributed by atoms with van der Waals surface area (Å²) in [4.78, 5) is 1.34. The Morgan fingerprint density at radius 1 is 0.269 bits per heavy atom. The normalized spacial score (nSPS) is 11.9. The number of aryl methyl sites for hydroxylation is 3. The molecule has 0 bridgehead atoms. The third kappa shape index (κ3) is 19.3. The first-order valence-electron chi connectivity index (χ1n) is 30.2. The maximum atomic E-state index is 5.86. The van der Waals surface area contributed by atoms with Crippen LogP contribution in [0.2, 0.25) is 0 Å². The molecule has 0 aromatic heterocycles. The van der Waals surface area contributed by atoms with Gasteiger partial charge in [0.2, 0.25) is 0 Å². The average molecular weight is 934 g/mol. The van der Waals surface area contributed by atoms with Crippen molar-refractivity contribution in [2.45, 2.75) is 316 Å². The summed E-state index contributed by atoms with van der Waals surface area (Å²) in [5, 5.41) is 9.35. The Balaban J connectivity index is 2.07. The van der Waals surface area contributed by atoms with Crippen molar-refractivity contribution in [1.82, 2.24) is 0 Å². The lowest BCUT2D eigenvalue weighted by Gasteiger charge is -2.27. The summed E-state index contributed by atoms with van der Waals surface area (Å²) in [5.74, 6) is 0. The summed E-state index contributed by atoms with van der Waals surface area (Å²) >= 11 is 5.86. The number of hydrogen-bond acceptors (Lipinski definition) is 1. The highest BCUT2D eigenvalue weighted by molar-refractivity contribution is 7.80. The fourth-order valence-corrected chi connectivity index (χ4v) is 12.4. The van der Waals surface area contributed by atoms with Gasteiger partial charge in [-0.1, -0.05) is 264 Å². The first kappa shape index (κ1) is 57.6. The first-order valence-corrected chi connectivity index (χ1v) is 30.7. The summed E-state index contributed by atoms with van der Waals surface area (Å²) in [6.45, 7) is 14.2. The lowest BCUT2D eigenvalue weighted by molar-refractivity contribution is 0.592. The van der Waals surface area contributed by atoms with Gasteiger partial charge in [0.25, 0.3) is 0 Å². The molecule has 0 saturated heterocycles. The predicted molar refractivity (Wildman–Crippen MR) is 309 cm³/mol. The quantitative estimate of drug-likeness (QED) is 0.0255. The largest absolute Gasteiger partial charge is 0.142 e. The number of benzene rings is 4. The van der Waals surface area contributed by atoms with E-state index in [1.165, 1.54) is 291 Å². The van der Waals surface area contributed by atoms with Crippen LogP contribution in [-0.2, 0) is 38.5 Å². The summed E-state index contributed by atoms with van der Waals surface area (Å²) in [5.41, 5.74) is 10.4. The number of hydrogen-bond donors (Lipinski definition) is 1. The Hall–Kier alpha value is -1.99. The second-order valence-electron chi connectivity index (χ2n) is 21.6. The van der Waals surface area contributed by atoms with Crippen LogP contribution in [0.5, 0.6) is 0 Å². The van der Waals surface area contributed by atoms with Crippen LogP contribution in [0.15, 0.2) is 35.2 Å². The zero-order valence-corrected chi connectivity index (χ0v) is 46.4. The molecule has 0 saturated carbocycles. The second kappa shape index (κ2) is 36.0. The van der Waals surface area contributed by atoms with Gasteiger partial charge >= 0.3 is 0 Å². The van der Waals surface area contributed by atoms with Gasteiger partial charge in [-0.25, -0.2) is 0 Å². The van der Waals surface area contributed by atoms with Crippen molar-refractivity contribution in [3.63, 3.8) is 0 Å². The lowest BCUT2D eigenvalue weighted by Crippen LogP contribution is -2.09. The SMILES string of the molecule is CCCCCCCCc1cc2c3ccccc3c3c(S)c(CCCCCCCC)c(CCCCCCCC)c(CCCCCCCC)c3c2c(CCCCCCCC)c1CCCCCCCC. The molecule has 0 aliphatic heterocycles. The molecule has 0 aliphatic rings. The van der Waals surface area contributed by atoms with Gasteiger partial charge in [0.15, 0.2) is 0 Å². The average Bonchev–Trinajstić information content (AvgIpc) is 3.34. The van der Waals surface area contributed by atoms with Crippen molar-refractivity contribution in [3.8, 4) is 0 Å². The molecule has 4 aromatic carbocycles. The fraction of sp³-hybridized carbons (Fsp3) is 0.727. The Kier molecular flexibility index (Phi) is 30.9. The molecule has 0 N–H and O–H groups in total. The molecule has 1 heteroatoms. The highest BCUT2D eigenvalue weighted by atomic mass is 32.1. The van der Waals surface area contributed by atoms with Crippen molar-refractivity contribution >= 4 is 44.9 Å². The lowest BCUT2D eigenvalue weighted by atomic mass is 9.78. The first-order chi connectivity index (χ1) is 33.1. The second-order valence-corrected chi connectivity index (χ2v) is 22.0. The van der Waals surface area contributed by atoms with Crippen molar-refractivity contribution < 1.29 is 0 Å². The predicted octanol–water partition coefficient (Wildman–Crippen LogP) is 22.9. The van der Waals surface area contributed by atoms with E-state index in [4.69, 9.17) is 12.6 Å². The maximum Gasteiger partial charge on any atom is 0.0160 e. The molecule has 0 radical (unpaired) electrons. The molecule has 0 fully saturated rings. The van der Waals surface area contributed by atoms with Crippen molar-refractivity contribution in [1.29, 1.82) is 0 Å². The highest BCUT2D eigenvalue weighted by Gasteiger charge is 2.25. The van der Waals surface area contributed by atoms with Crippen LogP contribution in [0.3, 0.4) is 0 Å². The van der Waals surface area contributed by atoms with Crippen LogP contribution in [0, 0.1) is 0 Å². The van der Waals surface area contributed by atoms with Gasteiger partial charge in [0, 0.05) is 10.3 Å². The van der Waals surface area contributed by atoms with E-state index >= 15 is 0 Å². The van der Waals surface area contributed by atoms with E-state index in [0.717, 1.165) is 0 Å². The van der Waals surface area contributed by atoms with Gasteiger partial charge < -0.3 is 0 Å². The third-order valence-corrected chi connectivity index (χ3v) is 16.4. The smallest absolute Gasteiger partial charge is 0.0160 e. The van der Waals surface area contributed by atoms with Crippen LogP contribution in [0.4, 0.5) is 0 Å². The standard InChI is InChI=1S/C66H108S/c1-7-13-19-25-31-37-45-54-53-62-57-48-43-44-51-60(57)65-64(63(62)58(49-40-34-28-22-16-10-4)55(54)46-38-32-26-20-14-8-2)59(50-41-35-29-23-17-11-5)56(47-39-33-27-21-15-9-3)61(66(65)67)52-42-36-30-24-18-12-6/h43-44,48,51,53,67H,7-42,45-47,49-50,52H2,1-6H3. The Morgan fingerprint density at radius 2 is 0.582 bits per heavy atom. The molecule has 0 atom stereocenters. The molecule has 67 heavy (non-hydrogen) atoms. The summed E-state index contributed by atoms with van der Waals surface area (Å²) in [6.07, 6.45) is 56.3. The van der Waals surface area contributed by atoms with Gasteiger partial charge in [0.05, 0.1) is 0 Å². The molecule has 0 unspecified atom stereocenters. The van der Waals surface area contributed by atoms with E-state index < -0.39 is 0 Å². The van der Waals surface area contributed by atoms with Gasteiger partial charge in [0.1, 0.15) is 0 Å². The van der Waals surface area contributed by atoms with Crippen LogP contribution in [-0.4, -0.2) is 0 Å². The third-order valence-electron chi connectivity index (χ3n) is 15.9.